The highest BCUT2D eigenvalue weighted by molar-refractivity contribution is 7.89. The lowest BCUT2D eigenvalue weighted by molar-refractivity contribution is -0.161. The molecule has 1 unspecified atom stereocenters. The molecule has 7 nitrogen and oxygen atoms in total. The van der Waals surface area contributed by atoms with Gasteiger partial charge in [0.2, 0.25) is 15.9 Å². The molecule has 1 aliphatic rings. The van der Waals surface area contributed by atoms with E-state index in [9.17, 15) is 23.1 Å². The Morgan fingerprint density at radius 2 is 1.76 bits per heavy atom. The summed E-state index contributed by atoms with van der Waals surface area (Å²) in [6.07, 6.45) is 0.406. The predicted molar refractivity (Wildman–Crippen MR) is 151 cm³/mol. The summed E-state index contributed by atoms with van der Waals surface area (Å²) in [5.41, 5.74) is 0.497. The average Bonchev–Trinajstić information content (AvgIpc) is 2.86. The molecule has 1 N–H and O–H groups in total. The number of benzene rings is 2. The number of carbonyl (C=O) groups is 2. The fourth-order valence-electron chi connectivity index (χ4n) is 5.71. The van der Waals surface area contributed by atoms with Crippen molar-refractivity contribution in [3.63, 3.8) is 0 Å². The number of likely N-dealkylation sites (tertiary alicyclic amines) is 1. The van der Waals surface area contributed by atoms with Gasteiger partial charge in [-0.15, -0.1) is 0 Å². The molecule has 0 aromatic heterocycles. The third-order valence-corrected chi connectivity index (χ3v) is 10.3. The summed E-state index contributed by atoms with van der Waals surface area (Å²) >= 11 is 12.6. The Bertz CT molecular complexity index is 1270. The second-order valence-corrected chi connectivity index (χ2v) is 13.5. The number of likely N-dealkylation sites (N-methyl/N-ethyl adjacent to an activating group) is 1. The van der Waals surface area contributed by atoms with Crippen molar-refractivity contribution >= 4 is 45.1 Å². The molecule has 5 atom stereocenters. The molecule has 0 saturated carbocycles. The molecule has 0 spiro atoms. The lowest BCUT2D eigenvalue weighted by Gasteiger charge is -2.53. The van der Waals surface area contributed by atoms with Crippen LogP contribution in [0, 0.1) is 5.41 Å². The highest BCUT2D eigenvalue weighted by atomic mass is 35.5. The van der Waals surface area contributed by atoms with E-state index in [2.05, 4.69) is 0 Å². The van der Waals surface area contributed by atoms with Gasteiger partial charge in [0, 0.05) is 35.1 Å². The van der Waals surface area contributed by atoms with Gasteiger partial charge in [0.15, 0.2) is 0 Å². The van der Waals surface area contributed by atoms with E-state index >= 15 is 0 Å². The second kappa shape index (κ2) is 11.9. The molecule has 1 saturated heterocycles. The second-order valence-electron chi connectivity index (χ2n) is 10.3. The van der Waals surface area contributed by atoms with Crippen LogP contribution in [-0.2, 0) is 19.6 Å². The number of aliphatic carboxylic acids is 1. The first-order valence-electron chi connectivity index (χ1n) is 12.8. The summed E-state index contributed by atoms with van der Waals surface area (Å²) in [6, 6.07) is 13.1. The zero-order valence-electron chi connectivity index (χ0n) is 22.4. The first-order chi connectivity index (χ1) is 17.8. The fraction of sp³-hybridized carbons (Fsp3) is 0.500. The number of halogens is 2. The van der Waals surface area contributed by atoms with Crippen LogP contribution in [0.2, 0.25) is 10.0 Å². The zero-order valence-corrected chi connectivity index (χ0v) is 24.7. The van der Waals surface area contributed by atoms with Gasteiger partial charge in [0.25, 0.3) is 0 Å². The maximum Gasteiger partial charge on any atom is 0.304 e. The van der Waals surface area contributed by atoms with Gasteiger partial charge in [-0.2, -0.15) is 0 Å². The monoisotopic (exact) mass is 582 g/mol. The minimum atomic E-state index is -3.55. The van der Waals surface area contributed by atoms with Gasteiger partial charge in [-0.05, 0) is 62.1 Å². The van der Waals surface area contributed by atoms with Crippen LogP contribution in [0.3, 0.4) is 0 Å². The van der Waals surface area contributed by atoms with Crippen LogP contribution in [0.5, 0.6) is 0 Å². The van der Waals surface area contributed by atoms with Gasteiger partial charge in [0.1, 0.15) is 0 Å². The fourth-order valence-corrected chi connectivity index (χ4v) is 7.09. The highest BCUT2D eigenvalue weighted by Crippen LogP contribution is 2.52. The normalized spacial score (nSPS) is 23.9. The molecule has 0 aliphatic carbocycles. The highest BCUT2D eigenvalue weighted by Gasteiger charge is 2.53. The van der Waals surface area contributed by atoms with Gasteiger partial charge in [-0.1, -0.05) is 61.3 Å². The number of carboxylic acid groups (broad SMARTS) is 1. The maximum absolute atomic E-state index is 14.4. The van der Waals surface area contributed by atoms with Crippen LogP contribution in [0.4, 0.5) is 0 Å². The molecule has 10 heteroatoms. The van der Waals surface area contributed by atoms with Crippen molar-refractivity contribution in [2.45, 2.75) is 71.0 Å². The standard InChI is InChI=1S/C28H36Cl2N2O5S/c1-6-24(18(3)31(5)38(36,37)7-2)32-26(19-11-13-21(29)14-12-19)23(20-9-8-10-22(30)15-20)16-28(4,27(32)35)17-25(33)34/h8-15,18,23-24,26H,6-7,16-17H2,1-5H3,(H,33,34)/t18?,23-,24+,26-,28-/m1/s1. The largest absolute Gasteiger partial charge is 0.481 e. The summed E-state index contributed by atoms with van der Waals surface area (Å²) in [5, 5.41) is 10.9. The summed E-state index contributed by atoms with van der Waals surface area (Å²) in [5.74, 6) is -1.74. The molecule has 2 aromatic rings. The SMILES string of the molecule is CC[C@@H](C(C)N(C)S(=O)(=O)CC)N1C(=O)[C@@](C)(CC(=O)O)C[C@H](c2cccc(Cl)c2)[C@H]1c1ccc(Cl)cc1. The van der Waals surface area contributed by atoms with Gasteiger partial charge >= 0.3 is 5.97 Å². The van der Waals surface area contributed by atoms with E-state index in [-0.39, 0.29) is 30.4 Å². The van der Waals surface area contributed by atoms with Crippen molar-refractivity contribution in [3.8, 4) is 0 Å². The Labute approximate surface area is 235 Å². The molecule has 0 bridgehead atoms. The summed E-state index contributed by atoms with van der Waals surface area (Å²) in [4.78, 5) is 28.1. The topological polar surface area (TPSA) is 95.0 Å². The van der Waals surface area contributed by atoms with Crippen LogP contribution in [0.1, 0.15) is 70.0 Å². The molecular weight excluding hydrogens is 547 g/mol. The number of carbonyl (C=O) groups excluding carboxylic acids is 1. The number of hydrogen-bond acceptors (Lipinski definition) is 4. The number of rotatable bonds is 10. The van der Waals surface area contributed by atoms with Gasteiger partial charge in [0.05, 0.1) is 23.6 Å². The van der Waals surface area contributed by atoms with Crippen molar-refractivity contribution < 1.29 is 23.1 Å². The van der Waals surface area contributed by atoms with E-state index in [1.165, 1.54) is 11.4 Å². The number of nitrogens with zero attached hydrogens (tertiary/aromatic N) is 2. The van der Waals surface area contributed by atoms with Crippen molar-refractivity contribution in [1.82, 2.24) is 9.21 Å². The summed E-state index contributed by atoms with van der Waals surface area (Å²) in [6.45, 7) is 6.99. The average molecular weight is 584 g/mol. The zero-order chi connectivity index (χ0) is 28.4. The third kappa shape index (κ3) is 6.19. The van der Waals surface area contributed by atoms with E-state index in [1.54, 1.807) is 43.9 Å². The van der Waals surface area contributed by atoms with Crippen LogP contribution < -0.4 is 0 Å². The van der Waals surface area contributed by atoms with Crippen LogP contribution in [0.15, 0.2) is 48.5 Å². The van der Waals surface area contributed by atoms with E-state index in [0.29, 0.717) is 16.5 Å². The first kappa shape index (κ1) is 30.4. The van der Waals surface area contributed by atoms with E-state index < -0.39 is 39.5 Å². The number of carboxylic acids is 1. The first-order valence-corrected chi connectivity index (χ1v) is 15.1. The Morgan fingerprint density at radius 3 is 2.29 bits per heavy atom. The molecular formula is C28H36Cl2N2O5S. The van der Waals surface area contributed by atoms with Crippen molar-refractivity contribution in [2.75, 3.05) is 12.8 Å². The summed E-state index contributed by atoms with van der Waals surface area (Å²) in [7, 11) is -2.02. The number of hydrogen-bond donors (Lipinski definition) is 1. The molecule has 38 heavy (non-hydrogen) atoms. The lowest BCUT2D eigenvalue weighted by atomic mass is 9.66. The van der Waals surface area contributed by atoms with E-state index in [1.807, 2.05) is 37.3 Å². The molecule has 208 valence electrons. The van der Waals surface area contributed by atoms with Crippen molar-refractivity contribution in [1.29, 1.82) is 0 Å². The van der Waals surface area contributed by atoms with Crippen LogP contribution in [-0.4, -0.2) is 59.5 Å². The van der Waals surface area contributed by atoms with Crippen LogP contribution >= 0.6 is 23.2 Å². The Morgan fingerprint density at radius 1 is 1.13 bits per heavy atom. The smallest absolute Gasteiger partial charge is 0.304 e. The molecule has 1 fully saturated rings. The predicted octanol–water partition coefficient (Wildman–Crippen LogP) is 5.98. The van der Waals surface area contributed by atoms with E-state index in [0.717, 1.165) is 11.1 Å². The molecule has 1 heterocycles. The Balaban J connectivity index is 2.28. The van der Waals surface area contributed by atoms with E-state index in [4.69, 9.17) is 23.2 Å². The summed E-state index contributed by atoms with van der Waals surface area (Å²) < 4.78 is 27.0. The Kier molecular flexibility index (Phi) is 9.56. The minimum Gasteiger partial charge on any atom is -0.481 e. The number of piperidine rings is 1. The molecule has 3 rings (SSSR count). The van der Waals surface area contributed by atoms with Crippen LogP contribution in [0.25, 0.3) is 0 Å². The molecule has 1 amide bonds. The molecule has 0 radical (unpaired) electrons. The van der Waals surface area contributed by atoms with Crippen molar-refractivity contribution in [3.05, 3.63) is 69.7 Å². The van der Waals surface area contributed by atoms with Gasteiger partial charge < -0.3 is 10.0 Å². The minimum absolute atomic E-state index is 0.0687. The number of amides is 1. The van der Waals surface area contributed by atoms with Gasteiger partial charge in [-0.3, -0.25) is 9.59 Å². The quantitative estimate of drug-likeness (QED) is 0.371. The molecule has 1 aliphatic heterocycles. The lowest BCUT2D eigenvalue weighted by Crippen LogP contribution is -2.60. The third-order valence-electron chi connectivity index (χ3n) is 7.84. The maximum atomic E-state index is 14.4. The molecule has 2 aromatic carbocycles. The Hall–Kier alpha value is -2.13. The number of sulfonamides is 1. The van der Waals surface area contributed by atoms with Gasteiger partial charge in [-0.25, -0.2) is 12.7 Å². The van der Waals surface area contributed by atoms with Crippen molar-refractivity contribution in [2.24, 2.45) is 5.41 Å².